The Morgan fingerprint density at radius 2 is 1.25 bits per heavy atom. The van der Waals surface area contributed by atoms with E-state index in [0.717, 1.165) is 27.7 Å². The third kappa shape index (κ3) is 8.40. The molecule has 0 aromatic heterocycles. The second kappa shape index (κ2) is 12.3. The molecule has 182 valence electrons. The zero-order valence-electron chi connectivity index (χ0n) is 18.5. The molecular formula is C19H29NO12. The predicted octanol–water partition coefficient (Wildman–Crippen LogP) is -1.07. The van der Waals surface area contributed by atoms with E-state index in [1.54, 1.807) is 0 Å². The van der Waals surface area contributed by atoms with Gasteiger partial charge in [0.05, 0.1) is 12.7 Å². The fraction of sp³-hybridized carbons (Fsp3) is 0.737. The normalized spacial score (nSPS) is 26.9. The second-order valence-corrected chi connectivity index (χ2v) is 7.14. The van der Waals surface area contributed by atoms with Gasteiger partial charge in [-0.05, 0) is 6.92 Å². The van der Waals surface area contributed by atoms with Crippen molar-refractivity contribution in [1.29, 1.82) is 0 Å². The van der Waals surface area contributed by atoms with Gasteiger partial charge in [-0.3, -0.25) is 24.0 Å². The third-order valence-corrected chi connectivity index (χ3v) is 4.40. The molecule has 1 heterocycles. The minimum atomic E-state index is -1.35. The van der Waals surface area contributed by atoms with Crippen LogP contribution in [0, 0.1) is 0 Å². The topological polar surface area (TPSA) is 187 Å². The highest BCUT2D eigenvalue weighted by molar-refractivity contribution is 5.73. The Morgan fingerprint density at radius 3 is 1.66 bits per heavy atom. The number of carboxylic acid groups (broad SMARTS) is 1. The number of esters is 4. The van der Waals surface area contributed by atoms with E-state index >= 15 is 0 Å². The molecule has 0 radical (unpaired) electrons. The van der Waals surface area contributed by atoms with Crippen molar-refractivity contribution in [3.8, 4) is 0 Å². The first-order chi connectivity index (χ1) is 14.8. The molecule has 1 fully saturated rings. The number of hydrogen-bond acceptors (Lipinski definition) is 12. The summed E-state index contributed by atoms with van der Waals surface area (Å²) in [6.07, 6.45) is -7.08. The van der Waals surface area contributed by atoms with Crippen LogP contribution in [0.25, 0.3) is 0 Å². The van der Waals surface area contributed by atoms with Crippen molar-refractivity contribution in [3.05, 3.63) is 0 Å². The van der Waals surface area contributed by atoms with Crippen molar-refractivity contribution in [1.82, 2.24) is 0 Å². The molecule has 0 aromatic carbocycles. The summed E-state index contributed by atoms with van der Waals surface area (Å²) in [5, 5.41) is 9.02. The Balaban J connectivity index is 3.26. The van der Waals surface area contributed by atoms with Gasteiger partial charge in [0.15, 0.2) is 18.3 Å². The van der Waals surface area contributed by atoms with Gasteiger partial charge in [-0.25, -0.2) is 0 Å². The van der Waals surface area contributed by atoms with Gasteiger partial charge < -0.3 is 39.3 Å². The minimum absolute atomic E-state index is 0.332. The Morgan fingerprint density at radius 1 is 0.812 bits per heavy atom. The summed E-state index contributed by atoms with van der Waals surface area (Å²) in [5.41, 5.74) is 5.53. The Hall–Kier alpha value is -2.77. The highest BCUT2D eigenvalue weighted by atomic mass is 16.7. The first-order valence-corrected chi connectivity index (χ1v) is 9.73. The van der Waals surface area contributed by atoms with E-state index in [1.807, 2.05) is 0 Å². The summed E-state index contributed by atoms with van der Waals surface area (Å²) in [6, 6.07) is -1.35. The quantitative estimate of drug-likeness (QED) is 0.295. The van der Waals surface area contributed by atoms with Crippen LogP contribution in [0.2, 0.25) is 0 Å². The molecule has 1 aliphatic heterocycles. The van der Waals surface area contributed by atoms with Gasteiger partial charge in [0.25, 0.3) is 0 Å². The summed E-state index contributed by atoms with van der Waals surface area (Å²) < 4.78 is 32.1. The van der Waals surface area contributed by atoms with Gasteiger partial charge >= 0.3 is 29.8 Å². The van der Waals surface area contributed by atoms with Gasteiger partial charge in [0, 0.05) is 27.7 Å². The first kappa shape index (κ1) is 27.3. The van der Waals surface area contributed by atoms with Crippen LogP contribution in [0.4, 0.5) is 0 Å². The fourth-order valence-corrected chi connectivity index (χ4v) is 3.00. The number of hydrogen-bond donors (Lipinski definition) is 2. The van der Waals surface area contributed by atoms with Crippen molar-refractivity contribution in [2.24, 2.45) is 5.73 Å². The molecule has 0 amide bonds. The molecule has 1 aliphatic rings. The molecule has 7 atom stereocenters. The van der Waals surface area contributed by atoms with Crippen LogP contribution in [-0.2, 0) is 52.4 Å². The lowest BCUT2D eigenvalue weighted by Crippen LogP contribution is -2.63. The van der Waals surface area contributed by atoms with Crippen molar-refractivity contribution < 1.29 is 57.5 Å². The number of ether oxygens (including phenoxy) is 6. The van der Waals surface area contributed by atoms with E-state index in [9.17, 15) is 24.0 Å². The molecule has 0 aliphatic carbocycles. The van der Waals surface area contributed by atoms with Crippen molar-refractivity contribution in [2.75, 3.05) is 13.2 Å². The lowest BCUT2D eigenvalue weighted by atomic mass is 9.94. The molecule has 0 saturated carbocycles. The fourth-order valence-electron chi connectivity index (χ4n) is 3.00. The van der Waals surface area contributed by atoms with Gasteiger partial charge in [0.2, 0.25) is 0 Å². The Bertz CT molecular complexity index is 710. The third-order valence-electron chi connectivity index (χ3n) is 4.40. The number of carboxylic acids is 1. The standard InChI is InChI=1S/C19H29NO12/c1-8(15(20)19(25)26)27-6-13-16(29-10(3)22)18(31-12(5)24)17(30-11(4)23)14(32-13)7-28-9(2)21/h8,13-18H,6-7,20H2,1-5H3,(H,25,26)/t8-,13-,14-,15+,16+,17+,18-/m1/s1. The van der Waals surface area contributed by atoms with Crippen LogP contribution in [0.15, 0.2) is 0 Å². The van der Waals surface area contributed by atoms with Crippen molar-refractivity contribution >= 4 is 29.8 Å². The maximum Gasteiger partial charge on any atom is 0.323 e. The smallest absolute Gasteiger partial charge is 0.323 e. The van der Waals surface area contributed by atoms with E-state index in [1.165, 1.54) is 6.92 Å². The van der Waals surface area contributed by atoms with Gasteiger partial charge in [-0.1, -0.05) is 0 Å². The van der Waals surface area contributed by atoms with Gasteiger partial charge in [-0.2, -0.15) is 0 Å². The molecule has 0 aromatic rings. The van der Waals surface area contributed by atoms with E-state index in [4.69, 9.17) is 39.3 Å². The van der Waals surface area contributed by atoms with Crippen LogP contribution in [0.3, 0.4) is 0 Å². The molecule has 1 rings (SSSR count). The van der Waals surface area contributed by atoms with Crippen molar-refractivity contribution in [3.63, 3.8) is 0 Å². The number of carbonyl (C=O) groups is 5. The number of rotatable bonds is 10. The summed E-state index contributed by atoms with van der Waals surface area (Å²) in [5.74, 6) is -4.20. The van der Waals surface area contributed by atoms with E-state index < -0.39 is 72.5 Å². The SMILES string of the molecule is CC(=O)OC[C@H]1O[C@H](CO[C@H](C)[C@H](N)C(=O)O)[C@H](OC(C)=O)[C@@H](OC(C)=O)[C@H]1OC(C)=O. The van der Waals surface area contributed by atoms with E-state index in [0.29, 0.717) is 0 Å². The van der Waals surface area contributed by atoms with E-state index in [2.05, 4.69) is 0 Å². The zero-order chi connectivity index (χ0) is 24.6. The number of nitrogens with two attached hydrogens (primary N) is 1. The van der Waals surface area contributed by atoms with Gasteiger partial charge in [0.1, 0.15) is 24.9 Å². The number of carbonyl (C=O) groups excluding carboxylic acids is 4. The lowest BCUT2D eigenvalue weighted by molar-refractivity contribution is -0.260. The lowest BCUT2D eigenvalue weighted by Gasteiger charge is -2.44. The molecule has 1 saturated heterocycles. The largest absolute Gasteiger partial charge is 0.480 e. The Labute approximate surface area is 184 Å². The van der Waals surface area contributed by atoms with Crippen LogP contribution in [-0.4, -0.2) is 90.8 Å². The molecular weight excluding hydrogens is 434 g/mol. The first-order valence-electron chi connectivity index (χ1n) is 9.73. The number of aliphatic carboxylic acids is 1. The highest BCUT2D eigenvalue weighted by Crippen LogP contribution is 2.29. The van der Waals surface area contributed by atoms with Gasteiger partial charge in [-0.15, -0.1) is 0 Å². The monoisotopic (exact) mass is 463 g/mol. The van der Waals surface area contributed by atoms with Crippen LogP contribution < -0.4 is 5.73 Å². The minimum Gasteiger partial charge on any atom is -0.480 e. The molecule has 13 heteroatoms. The van der Waals surface area contributed by atoms with Crippen LogP contribution in [0.1, 0.15) is 34.6 Å². The summed E-state index contributed by atoms with van der Waals surface area (Å²) in [7, 11) is 0. The zero-order valence-corrected chi connectivity index (χ0v) is 18.5. The van der Waals surface area contributed by atoms with E-state index in [-0.39, 0.29) is 13.2 Å². The average Bonchev–Trinajstić information content (AvgIpc) is 2.66. The summed E-state index contributed by atoms with van der Waals surface area (Å²) in [4.78, 5) is 57.5. The molecule has 13 nitrogen and oxygen atoms in total. The van der Waals surface area contributed by atoms with Crippen molar-refractivity contribution in [2.45, 2.75) is 77.3 Å². The molecule has 0 unspecified atom stereocenters. The van der Waals surface area contributed by atoms with Crippen LogP contribution in [0.5, 0.6) is 0 Å². The van der Waals surface area contributed by atoms with Crippen LogP contribution >= 0.6 is 0 Å². The maximum atomic E-state index is 11.7. The summed E-state index contributed by atoms with van der Waals surface area (Å²) >= 11 is 0. The molecule has 0 spiro atoms. The Kier molecular flexibility index (Phi) is 10.5. The summed E-state index contributed by atoms with van der Waals surface area (Å²) in [6.45, 7) is 5.19. The molecule has 3 N–H and O–H groups in total. The molecule has 0 bridgehead atoms. The predicted molar refractivity (Wildman–Crippen MR) is 103 cm³/mol. The molecule has 32 heavy (non-hydrogen) atoms. The highest BCUT2D eigenvalue weighted by Gasteiger charge is 2.52. The maximum absolute atomic E-state index is 11.7. The second-order valence-electron chi connectivity index (χ2n) is 7.14. The average molecular weight is 463 g/mol.